The van der Waals surface area contributed by atoms with Crippen molar-refractivity contribution in [3.63, 3.8) is 0 Å². The van der Waals surface area contributed by atoms with Crippen molar-refractivity contribution < 1.29 is 76.4 Å². The summed E-state index contributed by atoms with van der Waals surface area (Å²) in [7, 11) is 0. The Morgan fingerprint density at radius 2 is 0.707 bits per heavy atom. The van der Waals surface area contributed by atoms with Crippen LogP contribution in [-0.4, -0.2) is 38.7 Å². The van der Waals surface area contributed by atoms with Gasteiger partial charge in [-0.2, -0.15) is 0 Å². The molecule has 2 rings (SSSR count). The van der Waals surface area contributed by atoms with Gasteiger partial charge in [0.05, 0.1) is 13.2 Å². The molecule has 5 nitrogen and oxygen atoms in total. The fraction of sp³-hybridized carbons (Fsp3) is 0.500. The van der Waals surface area contributed by atoms with Gasteiger partial charge in [-0.25, -0.2) is 0 Å². The fourth-order valence-electron chi connectivity index (χ4n) is 3.41. The number of ether oxygens (including phenoxy) is 5. The van der Waals surface area contributed by atoms with E-state index in [2.05, 4.69) is 18.9 Å². The molecule has 0 N–H and O–H groups in total. The molecule has 0 saturated carbocycles. The van der Waals surface area contributed by atoms with Crippen LogP contribution in [0.1, 0.15) is 38.8 Å². The van der Waals surface area contributed by atoms with Crippen LogP contribution in [-0.2, 0) is 15.6 Å². The Kier molecular flexibility index (Phi) is 9.58. The van der Waals surface area contributed by atoms with Crippen molar-refractivity contribution in [1.82, 2.24) is 0 Å². The lowest BCUT2D eigenvalue weighted by Crippen LogP contribution is -2.31. The van der Waals surface area contributed by atoms with Gasteiger partial charge in [0.1, 0.15) is 0 Å². The second kappa shape index (κ2) is 11.6. The lowest BCUT2D eigenvalue weighted by Gasteiger charge is -2.30. The molecule has 0 heterocycles. The van der Waals surface area contributed by atoms with Gasteiger partial charge in [-0.1, -0.05) is 39.8 Å². The number of hydrogen-bond donors (Lipinski definition) is 0. The molecule has 41 heavy (non-hydrogen) atoms. The Balaban J connectivity index is 2.26. The molecule has 0 bridgehead atoms. The van der Waals surface area contributed by atoms with Crippen LogP contribution in [0.5, 0.6) is 23.0 Å². The van der Waals surface area contributed by atoms with E-state index in [-0.39, 0.29) is 24.3 Å². The van der Waals surface area contributed by atoms with Crippen molar-refractivity contribution in [2.45, 2.75) is 64.0 Å². The molecule has 0 aliphatic rings. The van der Waals surface area contributed by atoms with Crippen molar-refractivity contribution in [3.05, 3.63) is 47.5 Å². The zero-order valence-electron chi connectivity index (χ0n) is 21.5. The van der Waals surface area contributed by atoms with E-state index in [1.165, 1.54) is 27.7 Å². The van der Waals surface area contributed by atoms with Gasteiger partial charge in [0, 0.05) is 10.8 Å². The van der Waals surface area contributed by atoms with E-state index in [4.69, 9.17) is 4.74 Å². The highest BCUT2D eigenvalue weighted by Gasteiger charge is 2.39. The average Bonchev–Trinajstić information content (AvgIpc) is 2.71. The Labute approximate surface area is 224 Å². The maximum atomic E-state index is 12.8. The molecule has 0 fully saturated rings. The monoisotopic (exact) mass is 618 g/mol. The molecule has 0 unspecified atom stereocenters. The minimum absolute atomic E-state index is 0.0404. The highest BCUT2D eigenvalue weighted by atomic mass is 19.4. The molecule has 0 saturated heterocycles. The summed E-state index contributed by atoms with van der Waals surface area (Å²) in [6.45, 7) is 5.32. The third-order valence-corrected chi connectivity index (χ3v) is 5.28. The van der Waals surface area contributed by atoms with Gasteiger partial charge >= 0.3 is 25.4 Å². The molecule has 232 valence electrons. The highest BCUT2D eigenvalue weighted by molar-refractivity contribution is 5.46. The first-order valence-corrected chi connectivity index (χ1v) is 11.2. The summed E-state index contributed by atoms with van der Waals surface area (Å²) in [6.07, 6.45) is -21.3. The molecule has 0 aliphatic heterocycles. The van der Waals surface area contributed by atoms with Gasteiger partial charge in [-0.15, -0.1) is 52.7 Å². The smallest absolute Gasteiger partial charge is 0.402 e. The SMILES string of the molecule is CC(C)(COCC(C)(C)c1ccc(OC(F)(F)F)c(OC(F)(F)F)c1)c1ccc(OC(F)(F)F)c(OC(F)(F)F)c1. The zero-order valence-corrected chi connectivity index (χ0v) is 21.5. The van der Waals surface area contributed by atoms with Crippen LogP contribution in [0.25, 0.3) is 0 Å². The number of alkyl halides is 12. The minimum atomic E-state index is -5.34. The molecule has 0 atom stereocenters. The van der Waals surface area contributed by atoms with E-state index in [1.54, 1.807) is 0 Å². The summed E-state index contributed by atoms with van der Waals surface area (Å²) < 4.78 is 173. The van der Waals surface area contributed by atoms with E-state index in [1.807, 2.05) is 0 Å². The van der Waals surface area contributed by atoms with Gasteiger partial charge in [0.2, 0.25) is 0 Å². The Morgan fingerprint density at radius 3 is 0.976 bits per heavy atom. The quantitative estimate of drug-likeness (QED) is 0.250. The Morgan fingerprint density at radius 1 is 0.439 bits per heavy atom. The zero-order chi connectivity index (χ0) is 31.7. The van der Waals surface area contributed by atoms with Crippen LogP contribution in [0.2, 0.25) is 0 Å². The standard InChI is InChI=1S/C24H22F12O5/c1-19(2,13-5-7-15(38-21(25,26)27)17(9-13)40-23(31,32)33)11-37-12-20(3,4)14-6-8-16(39-22(28,29)30)18(10-14)41-24(34,35)36/h5-10H,11-12H2,1-4H3. The van der Waals surface area contributed by atoms with Gasteiger partial charge in [-0.3, -0.25) is 0 Å². The maximum absolute atomic E-state index is 12.8. The average molecular weight is 618 g/mol. The molecular weight excluding hydrogens is 596 g/mol. The third-order valence-electron chi connectivity index (χ3n) is 5.28. The summed E-state index contributed by atoms with van der Waals surface area (Å²) in [4.78, 5) is 0. The van der Waals surface area contributed by atoms with Crippen LogP contribution < -0.4 is 18.9 Å². The van der Waals surface area contributed by atoms with Crippen LogP contribution in [0.4, 0.5) is 52.7 Å². The topological polar surface area (TPSA) is 46.2 Å². The van der Waals surface area contributed by atoms with Crippen LogP contribution in [0.15, 0.2) is 36.4 Å². The van der Waals surface area contributed by atoms with Crippen molar-refractivity contribution in [3.8, 4) is 23.0 Å². The molecule has 0 aromatic heterocycles. The van der Waals surface area contributed by atoms with E-state index < -0.39 is 59.3 Å². The molecule has 17 heteroatoms. The second-order valence-corrected chi connectivity index (χ2v) is 9.77. The summed E-state index contributed by atoms with van der Waals surface area (Å²) in [5.74, 6) is -5.02. The summed E-state index contributed by atoms with van der Waals surface area (Å²) in [5, 5.41) is 0. The normalized spacial score (nSPS) is 13.7. The van der Waals surface area contributed by atoms with Crippen LogP contribution in [0.3, 0.4) is 0 Å². The van der Waals surface area contributed by atoms with Crippen molar-refractivity contribution in [2.75, 3.05) is 13.2 Å². The largest absolute Gasteiger partial charge is 0.573 e. The third kappa shape index (κ3) is 11.3. The number of benzene rings is 2. The van der Waals surface area contributed by atoms with Gasteiger partial charge in [0.15, 0.2) is 23.0 Å². The van der Waals surface area contributed by atoms with E-state index in [9.17, 15) is 52.7 Å². The highest BCUT2D eigenvalue weighted by Crippen LogP contribution is 2.41. The van der Waals surface area contributed by atoms with Crippen molar-refractivity contribution >= 4 is 0 Å². The summed E-state index contributed by atoms with van der Waals surface area (Å²) in [5.41, 5.74) is -2.24. The molecular formula is C24H22F12O5. The van der Waals surface area contributed by atoms with E-state index in [0.717, 1.165) is 12.1 Å². The lowest BCUT2D eigenvalue weighted by molar-refractivity contribution is -0.287. The van der Waals surface area contributed by atoms with E-state index >= 15 is 0 Å². The molecule has 2 aromatic carbocycles. The molecule has 0 spiro atoms. The Bertz CT molecular complexity index is 1090. The molecule has 2 aromatic rings. The fourth-order valence-corrected chi connectivity index (χ4v) is 3.41. The van der Waals surface area contributed by atoms with Crippen molar-refractivity contribution in [1.29, 1.82) is 0 Å². The van der Waals surface area contributed by atoms with Gasteiger partial charge in [-0.05, 0) is 35.4 Å². The number of rotatable bonds is 10. The first kappa shape index (κ1) is 34.0. The van der Waals surface area contributed by atoms with E-state index in [0.29, 0.717) is 24.3 Å². The Hall–Kier alpha value is -3.24. The minimum Gasteiger partial charge on any atom is -0.402 e. The summed E-state index contributed by atoms with van der Waals surface area (Å²) >= 11 is 0. The lowest BCUT2D eigenvalue weighted by atomic mass is 9.84. The molecule has 0 amide bonds. The second-order valence-electron chi connectivity index (χ2n) is 9.77. The maximum Gasteiger partial charge on any atom is 0.573 e. The predicted octanol–water partition coefficient (Wildman–Crippen LogP) is 8.55. The first-order chi connectivity index (χ1) is 18.3. The number of hydrogen-bond acceptors (Lipinski definition) is 5. The first-order valence-electron chi connectivity index (χ1n) is 11.2. The van der Waals surface area contributed by atoms with Crippen molar-refractivity contribution in [2.24, 2.45) is 0 Å². The molecule has 0 radical (unpaired) electrons. The summed E-state index contributed by atoms with van der Waals surface area (Å²) in [6, 6.07) is 4.73. The predicted molar refractivity (Wildman–Crippen MR) is 116 cm³/mol. The molecule has 0 aliphatic carbocycles. The van der Waals surface area contributed by atoms with Gasteiger partial charge < -0.3 is 23.7 Å². The van der Waals surface area contributed by atoms with Crippen LogP contribution in [0, 0.1) is 0 Å². The van der Waals surface area contributed by atoms with Gasteiger partial charge in [0.25, 0.3) is 0 Å². The number of halogens is 12. The van der Waals surface area contributed by atoms with Crippen LogP contribution >= 0.6 is 0 Å².